The van der Waals surface area contributed by atoms with Crippen LogP contribution in [0.3, 0.4) is 0 Å². The Kier molecular flexibility index (Phi) is 6.27. The minimum atomic E-state index is 0.282. The summed E-state index contributed by atoms with van der Waals surface area (Å²) in [6.07, 6.45) is 3.86. The van der Waals surface area contributed by atoms with Gasteiger partial charge in [-0.25, -0.2) is 0 Å². The number of aryl methyl sites for hydroxylation is 1. The van der Waals surface area contributed by atoms with Crippen molar-refractivity contribution in [2.45, 2.75) is 44.3 Å². The zero-order valence-electron chi connectivity index (χ0n) is 15.9. The second-order valence-corrected chi connectivity index (χ2v) is 7.86. The molecular formula is C20H33N3O3. The Labute approximate surface area is 156 Å². The summed E-state index contributed by atoms with van der Waals surface area (Å²) in [6, 6.07) is 5.55. The van der Waals surface area contributed by atoms with Crippen molar-refractivity contribution in [1.29, 1.82) is 0 Å². The lowest BCUT2D eigenvalue weighted by molar-refractivity contribution is 0.00985. The predicted molar refractivity (Wildman–Crippen MR) is 100 cm³/mol. The van der Waals surface area contributed by atoms with E-state index < -0.39 is 0 Å². The van der Waals surface area contributed by atoms with Crippen LogP contribution in [-0.4, -0.2) is 69.6 Å². The number of hydrogen-bond acceptors (Lipinski definition) is 6. The molecule has 6 nitrogen and oxygen atoms in total. The third-order valence-electron chi connectivity index (χ3n) is 6.19. The van der Waals surface area contributed by atoms with Crippen molar-refractivity contribution in [3.05, 3.63) is 23.7 Å². The van der Waals surface area contributed by atoms with E-state index in [9.17, 15) is 0 Å². The molecule has 1 aromatic heterocycles. The normalized spacial score (nSPS) is 32.0. The van der Waals surface area contributed by atoms with E-state index in [0.717, 1.165) is 64.1 Å². The highest BCUT2D eigenvalue weighted by atomic mass is 16.5. The van der Waals surface area contributed by atoms with Crippen LogP contribution in [0.5, 0.6) is 0 Å². The summed E-state index contributed by atoms with van der Waals surface area (Å²) in [5.41, 5.74) is 0. The molecule has 2 saturated heterocycles. The van der Waals surface area contributed by atoms with Crippen molar-refractivity contribution in [1.82, 2.24) is 15.5 Å². The second kappa shape index (κ2) is 8.85. The Morgan fingerprint density at radius 1 is 1.19 bits per heavy atom. The van der Waals surface area contributed by atoms with Crippen LogP contribution in [-0.2, 0) is 9.47 Å². The molecule has 0 spiro atoms. The Morgan fingerprint density at radius 3 is 2.81 bits per heavy atom. The van der Waals surface area contributed by atoms with Crippen molar-refractivity contribution in [2.24, 2.45) is 5.92 Å². The summed E-state index contributed by atoms with van der Waals surface area (Å²) in [7, 11) is 0. The van der Waals surface area contributed by atoms with E-state index in [1.807, 2.05) is 6.92 Å². The number of nitrogens with zero attached hydrogens (tertiary/aromatic N) is 1. The van der Waals surface area contributed by atoms with Gasteiger partial charge < -0.3 is 24.5 Å². The average Bonchev–Trinajstić information content (AvgIpc) is 3.33. The van der Waals surface area contributed by atoms with E-state index in [1.54, 1.807) is 0 Å². The lowest BCUT2D eigenvalue weighted by Crippen LogP contribution is -2.52. The monoisotopic (exact) mass is 363 g/mol. The Bertz CT molecular complexity index is 552. The maximum absolute atomic E-state index is 6.00. The molecule has 3 aliphatic rings. The van der Waals surface area contributed by atoms with Gasteiger partial charge in [-0.15, -0.1) is 0 Å². The van der Waals surface area contributed by atoms with Gasteiger partial charge >= 0.3 is 0 Å². The molecule has 2 N–H and O–H groups in total. The Morgan fingerprint density at radius 2 is 2.08 bits per heavy atom. The van der Waals surface area contributed by atoms with Gasteiger partial charge in [0, 0.05) is 38.3 Å². The van der Waals surface area contributed by atoms with Crippen molar-refractivity contribution in [2.75, 3.05) is 52.6 Å². The zero-order chi connectivity index (χ0) is 17.8. The molecular weight excluding hydrogens is 330 g/mol. The first-order chi connectivity index (χ1) is 12.8. The van der Waals surface area contributed by atoms with Gasteiger partial charge in [0.05, 0.1) is 32.5 Å². The van der Waals surface area contributed by atoms with Crippen molar-refractivity contribution in [3.8, 4) is 0 Å². The Hall–Kier alpha value is -0.920. The van der Waals surface area contributed by atoms with Gasteiger partial charge in [-0.3, -0.25) is 4.90 Å². The van der Waals surface area contributed by atoms with Crippen LogP contribution in [0.15, 0.2) is 16.5 Å². The molecule has 4 rings (SSSR count). The highest BCUT2D eigenvalue weighted by molar-refractivity contribution is 5.11. The predicted octanol–water partition coefficient (Wildman–Crippen LogP) is 1.71. The summed E-state index contributed by atoms with van der Waals surface area (Å²) in [5, 5.41) is 7.56. The number of rotatable bonds is 6. The largest absolute Gasteiger partial charge is 0.465 e. The first-order valence-electron chi connectivity index (χ1n) is 10.2. The first-order valence-corrected chi connectivity index (χ1v) is 10.2. The molecule has 26 heavy (non-hydrogen) atoms. The molecule has 0 radical (unpaired) electrons. The molecule has 4 atom stereocenters. The molecule has 3 heterocycles. The average molecular weight is 364 g/mol. The number of furan rings is 1. The first kappa shape index (κ1) is 18.4. The number of nitrogens with one attached hydrogen (secondary N) is 2. The smallest absolute Gasteiger partial charge is 0.122 e. The number of ether oxygens (including phenoxy) is 2. The molecule has 0 amide bonds. The molecule has 4 unspecified atom stereocenters. The zero-order valence-corrected chi connectivity index (χ0v) is 15.9. The van der Waals surface area contributed by atoms with Gasteiger partial charge in [-0.2, -0.15) is 0 Å². The molecule has 0 aromatic carbocycles. The minimum Gasteiger partial charge on any atom is -0.465 e. The van der Waals surface area contributed by atoms with Gasteiger partial charge in [0.15, 0.2) is 0 Å². The minimum absolute atomic E-state index is 0.282. The number of hydrogen-bond donors (Lipinski definition) is 2. The molecule has 6 heteroatoms. The summed E-state index contributed by atoms with van der Waals surface area (Å²) in [4.78, 5) is 2.50. The molecule has 1 aliphatic carbocycles. The Balaban J connectivity index is 1.40. The molecule has 2 aliphatic heterocycles. The molecule has 1 saturated carbocycles. The van der Waals surface area contributed by atoms with Gasteiger partial charge in [-0.1, -0.05) is 6.42 Å². The van der Waals surface area contributed by atoms with Crippen LogP contribution in [0.1, 0.15) is 36.8 Å². The second-order valence-electron chi connectivity index (χ2n) is 7.86. The van der Waals surface area contributed by atoms with Gasteiger partial charge in [0.2, 0.25) is 0 Å². The maximum Gasteiger partial charge on any atom is 0.122 e. The lowest BCUT2D eigenvalue weighted by atomic mass is 9.93. The van der Waals surface area contributed by atoms with Crippen molar-refractivity contribution >= 4 is 0 Å². The van der Waals surface area contributed by atoms with E-state index in [4.69, 9.17) is 13.9 Å². The molecule has 0 bridgehead atoms. The van der Waals surface area contributed by atoms with Crippen LogP contribution in [0, 0.1) is 12.8 Å². The maximum atomic E-state index is 6.00. The van der Waals surface area contributed by atoms with Crippen LogP contribution in [0.2, 0.25) is 0 Å². The summed E-state index contributed by atoms with van der Waals surface area (Å²) >= 11 is 0. The third kappa shape index (κ3) is 4.31. The van der Waals surface area contributed by atoms with Crippen LogP contribution >= 0.6 is 0 Å². The summed E-state index contributed by atoms with van der Waals surface area (Å²) in [6.45, 7) is 9.20. The van der Waals surface area contributed by atoms with E-state index in [0.29, 0.717) is 18.0 Å². The highest BCUT2D eigenvalue weighted by Gasteiger charge is 2.35. The quantitative estimate of drug-likeness (QED) is 0.802. The SMILES string of the molecule is Cc1ccc(C(CNC2CCCC2C2COCCN2)N2CCOCC2)o1. The van der Waals surface area contributed by atoms with Crippen LogP contribution < -0.4 is 10.6 Å². The van der Waals surface area contributed by atoms with E-state index in [1.165, 1.54) is 19.3 Å². The third-order valence-corrected chi connectivity index (χ3v) is 6.19. The molecule has 146 valence electrons. The standard InChI is InChI=1S/C20H33N3O3/c1-15-5-6-20(26-15)19(23-8-11-24-12-9-23)13-22-17-4-2-3-16(17)18-14-25-10-7-21-18/h5-6,16-19,21-22H,2-4,7-14H2,1H3. The fourth-order valence-corrected chi connectivity index (χ4v) is 4.78. The fraction of sp³-hybridized carbons (Fsp3) is 0.800. The summed E-state index contributed by atoms with van der Waals surface area (Å²) in [5.74, 6) is 2.73. The lowest BCUT2D eigenvalue weighted by Gasteiger charge is -2.36. The van der Waals surface area contributed by atoms with Crippen LogP contribution in [0.25, 0.3) is 0 Å². The summed E-state index contributed by atoms with van der Waals surface area (Å²) < 4.78 is 17.3. The fourth-order valence-electron chi connectivity index (χ4n) is 4.78. The van der Waals surface area contributed by atoms with Gasteiger partial charge in [0.25, 0.3) is 0 Å². The van der Waals surface area contributed by atoms with Crippen molar-refractivity contribution in [3.63, 3.8) is 0 Å². The topological polar surface area (TPSA) is 58.9 Å². The van der Waals surface area contributed by atoms with E-state index in [-0.39, 0.29) is 6.04 Å². The van der Waals surface area contributed by atoms with Crippen LogP contribution in [0.4, 0.5) is 0 Å². The molecule has 1 aromatic rings. The molecule has 3 fully saturated rings. The van der Waals surface area contributed by atoms with E-state index >= 15 is 0 Å². The number of morpholine rings is 2. The van der Waals surface area contributed by atoms with Gasteiger partial charge in [0.1, 0.15) is 11.5 Å². The van der Waals surface area contributed by atoms with Gasteiger partial charge in [-0.05, 0) is 37.8 Å². The van der Waals surface area contributed by atoms with E-state index in [2.05, 4.69) is 27.7 Å². The van der Waals surface area contributed by atoms with Crippen molar-refractivity contribution < 1.29 is 13.9 Å². The highest BCUT2D eigenvalue weighted by Crippen LogP contribution is 2.31.